The summed E-state index contributed by atoms with van der Waals surface area (Å²) < 4.78 is 6.29. The fourth-order valence-corrected chi connectivity index (χ4v) is 4.44. The van der Waals surface area contributed by atoms with Crippen LogP contribution in [0.15, 0.2) is 42.5 Å². The number of rotatable bonds is 4. The molecule has 0 spiro atoms. The van der Waals surface area contributed by atoms with Crippen molar-refractivity contribution in [2.45, 2.75) is 18.9 Å². The van der Waals surface area contributed by atoms with Gasteiger partial charge in [0.1, 0.15) is 11.8 Å². The number of anilines is 1. The number of likely N-dealkylation sites (tertiary alicyclic amines) is 1. The van der Waals surface area contributed by atoms with Crippen molar-refractivity contribution in [3.63, 3.8) is 0 Å². The third-order valence-corrected chi connectivity index (χ3v) is 5.92. The predicted molar refractivity (Wildman–Crippen MR) is 110 cm³/mol. The van der Waals surface area contributed by atoms with Gasteiger partial charge in [-0.05, 0) is 43.2 Å². The van der Waals surface area contributed by atoms with Crippen molar-refractivity contribution in [3.05, 3.63) is 53.1 Å². The zero-order valence-electron chi connectivity index (χ0n) is 15.1. The van der Waals surface area contributed by atoms with Crippen LogP contribution in [0.25, 0.3) is 10.2 Å². The molecule has 2 heterocycles. The quantitative estimate of drug-likeness (QED) is 0.693. The van der Waals surface area contributed by atoms with E-state index in [0.29, 0.717) is 34.4 Å². The molecular formula is C20H18ClN3O3S. The first kappa shape index (κ1) is 18.7. The maximum atomic E-state index is 13.1. The lowest BCUT2D eigenvalue weighted by Gasteiger charge is -2.24. The molecule has 1 N–H and O–H groups in total. The van der Waals surface area contributed by atoms with E-state index in [1.54, 1.807) is 23.1 Å². The molecule has 6 nitrogen and oxygen atoms in total. The number of nitrogens with zero attached hydrogens (tertiary/aromatic N) is 2. The summed E-state index contributed by atoms with van der Waals surface area (Å²) in [6.45, 7) is 0.506. The van der Waals surface area contributed by atoms with Crippen LogP contribution in [0.2, 0.25) is 5.02 Å². The third kappa shape index (κ3) is 3.55. The lowest BCUT2D eigenvalue weighted by Crippen LogP contribution is -2.43. The smallest absolute Gasteiger partial charge is 0.258 e. The van der Waals surface area contributed by atoms with E-state index in [2.05, 4.69) is 10.3 Å². The molecule has 144 valence electrons. The van der Waals surface area contributed by atoms with Crippen LogP contribution in [0.3, 0.4) is 0 Å². The molecule has 0 radical (unpaired) electrons. The average Bonchev–Trinajstić information content (AvgIpc) is 3.33. The Morgan fingerprint density at radius 2 is 2.11 bits per heavy atom. The molecule has 0 saturated carbocycles. The number of hydrogen-bond acceptors (Lipinski definition) is 5. The Morgan fingerprint density at radius 3 is 2.89 bits per heavy atom. The standard InChI is InChI=1S/C20H18ClN3O3S/c1-27-16-9-8-12(21)11-13(16)19(26)24-10-4-6-15(24)18(25)23-20-22-14-5-2-3-7-17(14)28-20/h2-3,5,7-9,11,15H,4,6,10H2,1H3,(H,22,23,25). The number of carbonyl (C=O) groups is 2. The van der Waals surface area contributed by atoms with E-state index in [1.165, 1.54) is 18.4 Å². The van der Waals surface area contributed by atoms with Crippen LogP contribution in [-0.2, 0) is 4.79 Å². The van der Waals surface area contributed by atoms with Gasteiger partial charge in [-0.3, -0.25) is 9.59 Å². The van der Waals surface area contributed by atoms with Gasteiger partial charge in [-0.25, -0.2) is 4.98 Å². The summed E-state index contributed by atoms with van der Waals surface area (Å²) >= 11 is 7.47. The molecule has 2 amide bonds. The maximum absolute atomic E-state index is 13.1. The van der Waals surface area contributed by atoms with Crippen molar-refractivity contribution in [2.75, 3.05) is 19.0 Å². The number of nitrogens with one attached hydrogen (secondary N) is 1. The number of ether oxygens (including phenoxy) is 1. The van der Waals surface area contributed by atoms with Crippen LogP contribution in [0.1, 0.15) is 23.2 Å². The molecule has 1 saturated heterocycles. The van der Waals surface area contributed by atoms with E-state index in [1.807, 2.05) is 24.3 Å². The number of carbonyl (C=O) groups excluding carboxylic acids is 2. The summed E-state index contributed by atoms with van der Waals surface area (Å²) in [6, 6.07) is 12.0. The van der Waals surface area contributed by atoms with Crippen molar-refractivity contribution in [1.82, 2.24) is 9.88 Å². The van der Waals surface area contributed by atoms with Gasteiger partial charge in [0.2, 0.25) is 5.91 Å². The molecule has 2 aromatic carbocycles. The molecule has 0 bridgehead atoms. The van der Waals surface area contributed by atoms with Crippen LogP contribution in [0.5, 0.6) is 5.75 Å². The molecule has 1 atom stereocenters. The van der Waals surface area contributed by atoms with Gasteiger partial charge in [0.25, 0.3) is 5.91 Å². The molecule has 0 aliphatic carbocycles. The molecule has 1 fully saturated rings. The number of benzene rings is 2. The van der Waals surface area contributed by atoms with Gasteiger partial charge < -0.3 is 15.0 Å². The second kappa shape index (κ2) is 7.77. The van der Waals surface area contributed by atoms with Gasteiger partial charge in [-0.15, -0.1) is 0 Å². The van der Waals surface area contributed by atoms with E-state index in [4.69, 9.17) is 16.3 Å². The summed E-state index contributed by atoms with van der Waals surface area (Å²) in [5, 5.41) is 3.84. The Kier molecular flexibility index (Phi) is 5.19. The highest BCUT2D eigenvalue weighted by Crippen LogP contribution is 2.29. The molecule has 1 aliphatic heterocycles. The van der Waals surface area contributed by atoms with Crippen LogP contribution < -0.4 is 10.1 Å². The number of fused-ring (bicyclic) bond motifs is 1. The van der Waals surface area contributed by atoms with Crippen LogP contribution in [-0.4, -0.2) is 41.4 Å². The summed E-state index contributed by atoms with van der Waals surface area (Å²) in [5.41, 5.74) is 1.19. The molecule has 1 aromatic heterocycles. The second-order valence-electron chi connectivity index (χ2n) is 6.48. The molecule has 1 aliphatic rings. The number of methoxy groups -OCH3 is 1. The average molecular weight is 416 g/mol. The van der Waals surface area contributed by atoms with Crippen molar-refractivity contribution in [3.8, 4) is 5.75 Å². The van der Waals surface area contributed by atoms with Crippen molar-refractivity contribution in [2.24, 2.45) is 0 Å². The van der Waals surface area contributed by atoms with Gasteiger partial charge in [-0.2, -0.15) is 0 Å². The van der Waals surface area contributed by atoms with Crippen LogP contribution >= 0.6 is 22.9 Å². The summed E-state index contributed by atoms with van der Waals surface area (Å²) in [6.07, 6.45) is 1.36. The maximum Gasteiger partial charge on any atom is 0.258 e. The fourth-order valence-electron chi connectivity index (χ4n) is 3.40. The normalized spacial score (nSPS) is 16.4. The Balaban J connectivity index is 1.55. The van der Waals surface area contributed by atoms with Crippen LogP contribution in [0.4, 0.5) is 5.13 Å². The second-order valence-corrected chi connectivity index (χ2v) is 7.94. The Morgan fingerprint density at radius 1 is 1.29 bits per heavy atom. The van der Waals surface area contributed by atoms with E-state index in [0.717, 1.165) is 16.6 Å². The van der Waals surface area contributed by atoms with Gasteiger partial charge in [0.05, 0.1) is 22.9 Å². The van der Waals surface area contributed by atoms with E-state index in [9.17, 15) is 9.59 Å². The molecular weight excluding hydrogens is 398 g/mol. The van der Waals surface area contributed by atoms with Crippen molar-refractivity contribution >= 4 is 50.1 Å². The van der Waals surface area contributed by atoms with Crippen LogP contribution in [0, 0.1) is 0 Å². The number of halogens is 1. The van der Waals surface area contributed by atoms with E-state index in [-0.39, 0.29) is 11.8 Å². The summed E-state index contributed by atoms with van der Waals surface area (Å²) in [4.78, 5) is 32.0. The van der Waals surface area contributed by atoms with Crippen molar-refractivity contribution < 1.29 is 14.3 Å². The Hall–Kier alpha value is -2.64. The highest BCUT2D eigenvalue weighted by atomic mass is 35.5. The SMILES string of the molecule is COc1ccc(Cl)cc1C(=O)N1CCCC1C(=O)Nc1nc2ccccc2s1. The highest BCUT2D eigenvalue weighted by Gasteiger charge is 2.36. The van der Waals surface area contributed by atoms with Crippen molar-refractivity contribution in [1.29, 1.82) is 0 Å². The molecule has 8 heteroatoms. The monoisotopic (exact) mass is 415 g/mol. The van der Waals surface area contributed by atoms with Gasteiger partial charge in [-0.1, -0.05) is 35.1 Å². The van der Waals surface area contributed by atoms with Gasteiger partial charge in [0, 0.05) is 11.6 Å². The minimum absolute atomic E-state index is 0.231. The summed E-state index contributed by atoms with van der Waals surface area (Å²) in [5.74, 6) is -0.0566. The predicted octanol–water partition coefficient (Wildman–Crippen LogP) is 4.20. The summed E-state index contributed by atoms with van der Waals surface area (Å²) in [7, 11) is 1.50. The first-order chi connectivity index (χ1) is 13.6. The third-order valence-electron chi connectivity index (χ3n) is 4.73. The molecule has 1 unspecified atom stereocenters. The lowest BCUT2D eigenvalue weighted by atomic mass is 10.1. The topological polar surface area (TPSA) is 71.5 Å². The first-order valence-corrected chi connectivity index (χ1v) is 10.1. The highest BCUT2D eigenvalue weighted by molar-refractivity contribution is 7.22. The fraction of sp³-hybridized carbons (Fsp3) is 0.250. The molecule has 28 heavy (non-hydrogen) atoms. The first-order valence-electron chi connectivity index (χ1n) is 8.88. The van der Waals surface area contributed by atoms with Gasteiger partial charge in [0.15, 0.2) is 5.13 Å². The van der Waals surface area contributed by atoms with E-state index >= 15 is 0 Å². The Bertz CT molecular complexity index is 1020. The number of para-hydroxylation sites is 1. The molecule has 3 aromatic rings. The number of thiazole rings is 1. The minimum Gasteiger partial charge on any atom is -0.496 e. The number of amides is 2. The Labute approximate surface area is 171 Å². The zero-order valence-corrected chi connectivity index (χ0v) is 16.7. The largest absolute Gasteiger partial charge is 0.496 e. The lowest BCUT2D eigenvalue weighted by molar-refractivity contribution is -0.119. The number of aromatic nitrogens is 1. The van der Waals surface area contributed by atoms with Gasteiger partial charge >= 0.3 is 0 Å². The molecule has 4 rings (SSSR count). The van der Waals surface area contributed by atoms with E-state index < -0.39 is 6.04 Å². The zero-order chi connectivity index (χ0) is 19.7. The number of hydrogen-bond donors (Lipinski definition) is 1. The minimum atomic E-state index is -0.553.